The van der Waals surface area contributed by atoms with E-state index >= 15 is 0 Å². The molecule has 0 aliphatic rings. The Morgan fingerprint density at radius 2 is 1.71 bits per heavy atom. The molecule has 1 amide bonds. The Bertz CT molecular complexity index is 1430. The van der Waals surface area contributed by atoms with Crippen LogP contribution in [-0.4, -0.2) is 41.5 Å². The summed E-state index contributed by atoms with van der Waals surface area (Å²) in [5, 5.41) is 11.7. The van der Waals surface area contributed by atoms with E-state index < -0.39 is 17.8 Å². The Kier molecular flexibility index (Phi) is 6.14. The van der Waals surface area contributed by atoms with Crippen molar-refractivity contribution in [3.63, 3.8) is 0 Å². The number of carbonyl (C=O) groups is 2. The molecule has 0 unspecified atom stereocenters. The van der Waals surface area contributed by atoms with Gasteiger partial charge in [0.2, 0.25) is 11.8 Å². The number of rotatable bonds is 4. The van der Waals surface area contributed by atoms with Crippen LogP contribution in [0.15, 0.2) is 77.8 Å². The number of benzene rings is 3. The van der Waals surface area contributed by atoms with Gasteiger partial charge in [-0.05, 0) is 30.3 Å². The summed E-state index contributed by atoms with van der Waals surface area (Å²) in [6, 6.07) is 19.9. The van der Waals surface area contributed by atoms with Gasteiger partial charge in [0, 0.05) is 30.6 Å². The second kappa shape index (κ2) is 9.19. The van der Waals surface area contributed by atoms with E-state index in [-0.39, 0.29) is 22.8 Å². The molecule has 4 aromatic rings. The first-order valence-electron chi connectivity index (χ1n) is 10.4. The number of hydrogen-bond acceptors (Lipinski definition) is 5. The highest BCUT2D eigenvalue weighted by Crippen LogP contribution is 2.37. The molecule has 0 fully saturated rings. The summed E-state index contributed by atoms with van der Waals surface area (Å²) in [5.74, 6) is -1.28. The van der Waals surface area contributed by atoms with Gasteiger partial charge in [0.1, 0.15) is 5.82 Å². The molecule has 0 saturated heterocycles. The van der Waals surface area contributed by atoms with E-state index in [2.05, 4.69) is 4.99 Å². The van der Waals surface area contributed by atoms with Crippen molar-refractivity contribution < 1.29 is 23.8 Å². The molecule has 0 aliphatic heterocycles. The maximum absolute atomic E-state index is 14.5. The number of aliphatic imine (C=N–C) groups is 1. The average molecular weight is 459 g/mol. The predicted molar refractivity (Wildman–Crippen MR) is 129 cm³/mol. The van der Waals surface area contributed by atoms with Crippen molar-refractivity contribution in [2.24, 2.45) is 4.99 Å². The molecule has 34 heavy (non-hydrogen) atoms. The summed E-state index contributed by atoms with van der Waals surface area (Å²) < 4.78 is 20.5. The lowest BCUT2D eigenvalue weighted by Crippen LogP contribution is -2.25. The first kappa shape index (κ1) is 22.7. The second-order valence-electron chi connectivity index (χ2n) is 7.56. The second-order valence-corrected chi connectivity index (χ2v) is 7.56. The van der Waals surface area contributed by atoms with Gasteiger partial charge < -0.3 is 9.84 Å². The molecule has 1 aromatic heterocycles. The number of halogens is 1. The Morgan fingerprint density at radius 1 is 1.03 bits per heavy atom. The Morgan fingerprint density at radius 3 is 2.35 bits per heavy atom. The Hall–Kier alpha value is -4.46. The van der Waals surface area contributed by atoms with Crippen molar-refractivity contribution in [3.05, 3.63) is 89.7 Å². The van der Waals surface area contributed by atoms with Gasteiger partial charge >= 0.3 is 6.09 Å². The number of hydrogen-bond donors (Lipinski definition) is 1. The molecule has 1 N–H and O–H groups in total. The topological polar surface area (TPSA) is 84.1 Å². The highest BCUT2D eigenvalue weighted by molar-refractivity contribution is 6.23. The lowest BCUT2D eigenvalue weighted by atomic mass is 10.0. The van der Waals surface area contributed by atoms with Crippen molar-refractivity contribution in [2.75, 3.05) is 19.1 Å². The quantitative estimate of drug-likeness (QED) is 0.408. The lowest BCUT2D eigenvalue weighted by molar-refractivity contribution is 0.0933. The summed E-state index contributed by atoms with van der Waals surface area (Å²) in [6.45, 7) is 1.33. The number of anilines is 1. The number of fused-ring (bicyclic) bond motifs is 1. The van der Waals surface area contributed by atoms with Crippen LogP contribution in [0.25, 0.3) is 10.9 Å². The van der Waals surface area contributed by atoms with Gasteiger partial charge in [-0.15, -0.1) is 0 Å². The highest BCUT2D eigenvalue weighted by Gasteiger charge is 2.25. The molecular formula is C26H22FN3O4. The maximum Gasteiger partial charge on any atom is 0.413 e. The van der Waals surface area contributed by atoms with E-state index in [9.17, 15) is 19.1 Å². The Labute approximate surface area is 195 Å². The fourth-order valence-corrected chi connectivity index (χ4v) is 3.79. The molecule has 8 heteroatoms. The van der Waals surface area contributed by atoms with Crippen molar-refractivity contribution in [1.29, 1.82) is 0 Å². The molecule has 0 radical (unpaired) electrons. The smallest absolute Gasteiger partial charge is 0.413 e. The van der Waals surface area contributed by atoms with Gasteiger partial charge in [0.25, 0.3) is 0 Å². The van der Waals surface area contributed by atoms with E-state index in [0.29, 0.717) is 22.2 Å². The van der Waals surface area contributed by atoms with E-state index in [0.717, 1.165) is 4.57 Å². The molecular weight excluding hydrogens is 437 g/mol. The predicted octanol–water partition coefficient (Wildman–Crippen LogP) is 5.52. The first-order valence-corrected chi connectivity index (χ1v) is 10.4. The van der Waals surface area contributed by atoms with Gasteiger partial charge in [0.05, 0.1) is 29.6 Å². The maximum atomic E-state index is 14.5. The van der Waals surface area contributed by atoms with Crippen molar-refractivity contribution in [1.82, 2.24) is 4.57 Å². The highest BCUT2D eigenvalue weighted by atomic mass is 19.1. The molecule has 0 spiro atoms. The van der Waals surface area contributed by atoms with Gasteiger partial charge in [-0.25, -0.2) is 14.2 Å². The number of para-hydroxylation sites is 1. The van der Waals surface area contributed by atoms with Crippen LogP contribution >= 0.6 is 0 Å². The minimum absolute atomic E-state index is 0.0762. The standard InChI is InChI=1S/C26H22FN3O4/c1-16(31)30-22-14-13-18(29(2)26(33)34-3)15-19(22)23(25(30)32)24(17-9-5-4-6-10-17)28-21-12-8-7-11-20(21)27/h4-15,32H,1-3H3. The number of aromatic hydroxyl groups is 1. The van der Waals surface area contributed by atoms with Crippen LogP contribution in [-0.2, 0) is 4.74 Å². The summed E-state index contributed by atoms with van der Waals surface area (Å²) in [7, 11) is 2.81. The Balaban J connectivity index is 2.08. The molecule has 4 rings (SSSR count). The largest absolute Gasteiger partial charge is 0.494 e. The molecule has 7 nitrogen and oxygen atoms in total. The van der Waals surface area contributed by atoms with Crippen LogP contribution in [0, 0.1) is 5.82 Å². The molecule has 172 valence electrons. The third-order valence-corrected chi connectivity index (χ3v) is 5.45. The van der Waals surface area contributed by atoms with Crippen LogP contribution < -0.4 is 4.90 Å². The fourth-order valence-electron chi connectivity index (χ4n) is 3.79. The number of carbonyl (C=O) groups excluding carboxylic acids is 2. The van der Waals surface area contributed by atoms with Crippen molar-refractivity contribution >= 4 is 40.0 Å². The van der Waals surface area contributed by atoms with Crippen LogP contribution in [0.3, 0.4) is 0 Å². The van der Waals surface area contributed by atoms with E-state index in [1.807, 2.05) is 6.07 Å². The van der Waals surface area contributed by atoms with Crippen LogP contribution in [0.4, 0.5) is 20.6 Å². The number of nitrogens with zero attached hydrogens (tertiary/aromatic N) is 3. The van der Waals surface area contributed by atoms with Crippen molar-refractivity contribution in [2.45, 2.75) is 6.92 Å². The minimum atomic E-state index is -0.584. The van der Waals surface area contributed by atoms with Crippen molar-refractivity contribution in [3.8, 4) is 5.88 Å². The molecule has 0 atom stereocenters. The van der Waals surface area contributed by atoms with Crippen LogP contribution in [0.1, 0.15) is 22.8 Å². The van der Waals surface area contributed by atoms with Gasteiger partial charge in [0.15, 0.2) is 0 Å². The summed E-state index contributed by atoms with van der Waals surface area (Å²) in [4.78, 5) is 30.4. The number of amides is 1. The van der Waals surface area contributed by atoms with E-state index in [1.54, 1.807) is 61.6 Å². The number of ether oxygens (including phenoxy) is 1. The van der Waals surface area contributed by atoms with Crippen LogP contribution in [0.2, 0.25) is 0 Å². The fraction of sp³-hybridized carbons (Fsp3) is 0.115. The SMILES string of the molecule is COC(=O)N(C)c1ccc2c(c1)c(C(=Nc1ccccc1F)c1ccccc1)c(O)n2C(C)=O. The van der Waals surface area contributed by atoms with Gasteiger partial charge in [-0.3, -0.25) is 14.3 Å². The zero-order chi connectivity index (χ0) is 24.4. The molecule has 0 aliphatic carbocycles. The number of aromatic nitrogens is 1. The minimum Gasteiger partial charge on any atom is -0.494 e. The first-order chi connectivity index (χ1) is 16.3. The average Bonchev–Trinajstić information content (AvgIpc) is 3.14. The molecule has 0 bridgehead atoms. The van der Waals surface area contributed by atoms with Crippen LogP contribution in [0.5, 0.6) is 5.88 Å². The normalized spacial score (nSPS) is 11.5. The summed E-state index contributed by atoms with van der Waals surface area (Å²) >= 11 is 0. The third-order valence-electron chi connectivity index (χ3n) is 5.45. The number of methoxy groups -OCH3 is 1. The zero-order valence-electron chi connectivity index (χ0n) is 18.8. The van der Waals surface area contributed by atoms with E-state index in [1.165, 1.54) is 31.1 Å². The monoisotopic (exact) mass is 459 g/mol. The molecule has 1 heterocycles. The lowest BCUT2D eigenvalue weighted by Gasteiger charge is -2.16. The summed E-state index contributed by atoms with van der Waals surface area (Å²) in [5.41, 5.74) is 2.08. The summed E-state index contributed by atoms with van der Waals surface area (Å²) in [6.07, 6.45) is -0.584. The van der Waals surface area contributed by atoms with E-state index in [4.69, 9.17) is 4.74 Å². The molecule has 0 saturated carbocycles. The van der Waals surface area contributed by atoms with Gasteiger partial charge in [-0.1, -0.05) is 42.5 Å². The van der Waals surface area contributed by atoms with Gasteiger partial charge in [-0.2, -0.15) is 0 Å². The zero-order valence-corrected chi connectivity index (χ0v) is 18.8. The third kappa shape index (κ3) is 4.01. The molecule has 3 aromatic carbocycles.